The lowest BCUT2D eigenvalue weighted by atomic mass is 10.1. The lowest BCUT2D eigenvalue weighted by Gasteiger charge is -2.43. The molecule has 1 heterocycles. The third-order valence-electron chi connectivity index (χ3n) is 5.48. The third kappa shape index (κ3) is 7.24. The molecule has 24 heavy (non-hydrogen) atoms. The number of hydrogen-bond donors (Lipinski definition) is 0. The van der Waals surface area contributed by atoms with Crippen molar-refractivity contribution in [2.75, 3.05) is 45.0 Å². The van der Waals surface area contributed by atoms with Crippen molar-refractivity contribution in [1.29, 1.82) is 0 Å². The van der Waals surface area contributed by atoms with Crippen LogP contribution in [-0.4, -0.2) is 62.2 Å². The van der Waals surface area contributed by atoms with Crippen molar-refractivity contribution in [3.05, 3.63) is 12.7 Å². The number of rotatable bonds is 13. The number of unbranched alkanes of at least 4 members (excludes halogenated alkanes) is 7. The Morgan fingerprint density at radius 3 is 2.00 bits per heavy atom. The lowest BCUT2D eigenvalue weighted by Crippen LogP contribution is -2.60. The Labute approximate surface area is 150 Å². The zero-order chi connectivity index (χ0) is 17.9. The fourth-order valence-corrected chi connectivity index (χ4v) is 5.15. The molecule has 0 amide bonds. The summed E-state index contributed by atoms with van der Waals surface area (Å²) in [5.74, 6) is 0.329. The minimum atomic E-state index is -3.06. The van der Waals surface area contributed by atoms with Crippen LogP contribution in [0.5, 0.6) is 0 Å². The maximum absolute atomic E-state index is 12.5. The molecule has 0 aliphatic carbocycles. The number of quaternary nitrogens is 1. The van der Waals surface area contributed by atoms with E-state index in [9.17, 15) is 8.42 Å². The van der Waals surface area contributed by atoms with Crippen LogP contribution >= 0.6 is 0 Å². The standard InChI is InChI=1S/C19H39N2O2S/c1-4-7-8-9-10-11-12-13-19-24(22,23)20-14-17-21(6-3,16-5-2)18-15-20/h5H,2,4,6-19H2,1,3H3/q+1. The van der Waals surface area contributed by atoms with E-state index in [1.165, 1.54) is 38.5 Å². The number of sulfonamides is 1. The highest BCUT2D eigenvalue weighted by atomic mass is 32.2. The van der Waals surface area contributed by atoms with Gasteiger partial charge in [-0.3, -0.25) is 0 Å². The molecule has 1 rings (SSSR count). The molecule has 0 spiro atoms. The van der Waals surface area contributed by atoms with Crippen LogP contribution in [0.25, 0.3) is 0 Å². The first-order valence-electron chi connectivity index (χ1n) is 9.93. The molecule has 1 fully saturated rings. The Balaban J connectivity index is 2.25. The van der Waals surface area contributed by atoms with Gasteiger partial charge in [-0.15, -0.1) is 0 Å². The monoisotopic (exact) mass is 359 g/mol. The van der Waals surface area contributed by atoms with Gasteiger partial charge >= 0.3 is 0 Å². The second-order valence-corrected chi connectivity index (χ2v) is 9.35. The normalized spacial score (nSPS) is 18.6. The van der Waals surface area contributed by atoms with E-state index in [-0.39, 0.29) is 0 Å². The van der Waals surface area contributed by atoms with Crippen LogP contribution in [0, 0.1) is 0 Å². The predicted molar refractivity (Wildman–Crippen MR) is 104 cm³/mol. The van der Waals surface area contributed by atoms with Crippen LogP contribution in [-0.2, 0) is 10.0 Å². The van der Waals surface area contributed by atoms with E-state index in [4.69, 9.17) is 0 Å². The third-order valence-corrected chi connectivity index (χ3v) is 7.44. The Bertz CT molecular complexity index is 440. The number of likely N-dealkylation sites (N-methyl/N-ethyl adjacent to an activating group) is 1. The minimum Gasteiger partial charge on any atom is -0.318 e. The van der Waals surface area contributed by atoms with E-state index in [1.54, 1.807) is 4.31 Å². The van der Waals surface area contributed by atoms with E-state index < -0.39 is 10.0 Å². The van der Waals surface area contributed by atoms with E-state index >= 15 is 0 Å². The van der Waals surface area contributed by atoms with Gasteiger partial charge in [0.25, 0.3) is 0 Å². The summed E-state index contributed by atoms with van der Waals surface area (Å²) >= 11 is 0. The highest BCUT2D eigenvalue weighted by Gasteiger charge is 2.34. The molecular formula is C19H39N2O2S+. The van der Waals surface area contributed by atoms with Gasteiger partial charge in [-0.25, -0.2) is 8.42 Å². The summed E-state index contributed by atoms with van der Waals surface area (Å²) < 4.78 is 27.7. The van der Waals surface area contributed by atoms with E-state index in [2.05, 4.69) is 20.4 Å². The smallest absolute Gasteiger partial charge is 0.214 e. The topological polar surface area (TPSA) is 37.4 Å². The average molecular weight is 360 g/mol. The Morgan fingerprint density at radius 2 is 1.50 bits per heavy atom. The fourth-order valence-electron chi connectivity index (χ4n) is 3.60. The molecule has 0 unspecified atom stereocenters. The number of nitrogens with zero attached hydrogens (tertiary/aromatic N) is 2. The Kier molecular flexibility index (Phi) is 10.2. The van der Waals surface area contributed by atoms with Crippen molar-refractivity contribution in [3.8, 4) is 0 Å². The lowest BCUT2D eigenvalue weighted by molar-refractivity contribution is -0.924. The summed E-state index contributed by atoms with van der Waals surface area (Å²) in [6.45, 7) is 13.4. The molecular weight excluding hydrogens is 320 g/mol. The molecule has 0 aromatic heterocycles. The van der Waals surface area contributed by atoms with Crippen LogP contribution < -0.4 is 0 Å². The highest BCUT2D eigenvalue weighted by Crippen LogP contribution is 2.17. The Hall–Kier alpha value is -0.390. The summed E-state index contributed by atoms with van der Waals surface area (Å²) in [6, 6.07) is 0. The first kappa shape index (κ1) is 21.7. The van der Waals surface area contributed by atoms with Crippen molar-refractivity contribution >= 4 is 10.0 Å². The maximum Gasteiger partial charge on any atom is 0.214 e. The molecule has 0 saturated carbocycles. The van der Waals surface area contributed by atoms with Crippen molar-refractivity contribution in [3.63, 3.8) is 0 Å². The van der Waals surface area contributed by atoms with Gasteiger partial charge < -0.3 is 4.48 Å². The molecule has 1 aliphatic heterocycles. The molecule has 0 bridgehead atoms. The van der Waals surface area contributed by atoms with Crippen LogP contribution in [0.3, 0.4) is 0 Å². The van der Waals surface area contributed by atoms with Gasteiger partial charge in [0.1, 0.15) is 0 Å². The SMILES string of the molecule is C=CC[N+]1(CC)CCN(S(=O)(=O)CCCCCCCCCC)CC1. The molecule has 0 radical (unpaired) electrons. The van der Waals surface area contributed by atoms with Crippen LogP contribution in [0.15, 0.2) is 12.7 Å². The molecule has 1 aliphatic rings. The highest BCUT2D eigenvalue weighted by molar-refractivity contribution is 7.89. The first-order valence-corrected chi connectivity index (χ1v) is 11.5. The van der Waals surface area contributed by atoms with Crippen molar-refractivity contribution in [2.45, 2.75) is 65.2 Å². The van der Waals surface area contributed by atoms with E-state index in [0.29, 0.717) is 18.8 Å². The zero-order valence-electron chi connectivity index (χ0n) is 16.0. The number of piperazine rings is 1. The van der Waals surface area contributed by atoms with Crippen LogP contribution in [0.4, 0.5) is 0 Å². The van der Waals surface area contributed by atoms with Gasteiger partial charge in [0.2, 0.25) is 10.0 Å². The zero-order valence-corrected chi connectivity index (χ0v) is 16.8. The predicted octanol–water partition coefficient (Wildman–Crippen LogP) is 3.80. The fraction of sp³-hybridized carbons (Fsp3) is 0.895. The minimum absolute atomic E-state index is 0.329. The largest absolute Gasteiger partial charge is 0.318 e. The van der Waals surface area contributed by atoms with Crippen molar-refractivity contribution < 1.29 is 12.9 Å². The summed E-state index contributed by atoms with van der Waals surface area (Å²) in [6.07, 6.45) is 11.5. The van der Waals surface area contributed by atoms with Gasteiger partial charge in [0.15, 0.2) is 0 Å². The molecule has 1 saturated heterocycles. The summed E-state index contributed by atoms with van der Waals surface area (Å²) in [5.41, 5.74) is 0. The summed E-state index contributed by atoms with van der Waals surface area (Å²) in [5, 5.41) is 0. The molecule has 5 heteroatoms. The maximum atomic E-state index is 12.5. The van der Waals surface area contributed by atoms with Gasteiger partial charge in [-0.2, -0.15) is 4.31 Å². The van der Waals surface area contributed by atoms with E-state index in [0.717, 1.165) is 43.5 Å². The second-order valence-electron chi connectivity index (χ2n) is 7.27. The van der Waals surface area contributed by atoms with Crippen LogP contribution in [0.2, 0.25) is 0 Å². The molecule has 0 aromatic carbocycles. The van der Waals surface area contributed by atoms with Gasteiger partial charge in [-0.1, -0.05) is 58.4 Å². The van der Waals surface area contributed by atoms with Crippen molar-refractivity contribution in [1.82, 2.24) is 4.31 Å². The second kappa shape index (κ2) is 11.3. The Morgan fingerprint density at radius 1 is 0.958 bits per heavy atom. The van der Waals surface area contributed by atoms with Crippen molar-refractivity contribution in [2.24, 2.45) is 0 Å². The molecule has 0 N–H and O–H groups in total. The van der Waals surface area contributed by atoms with Gasteiger partial charge in [0.05, 0.1) is 45.0 Å². The molecule has 4 nitrogen and oxygen atoms in total. The van der Waals surface area contributed by atoms with E-state index in [1.807, 2.05) is 6.08 Å². The molecule has 142 valence electrons. The average Bonchev–Trinajstić information content (AvgIpc) is 2.58. The first-order chi connectivity index (χ1) is 11.5. The molecule has 0 atom stereocenters. The summed E-state index contributed by atoms with van der Waals surface area (Å²) in [7, 11) is -3.06. The van der Waals surface area contributed by atoms with Gasteiger partial charge in [-0.05, 0) is 19.4 Å². The summed E-state index contributed by atoms with van der Waals surface area (Å²) in [4.78, 5) is 0. The quantitative estimate of drug-likeness (QED) is 0.285. The van der Waals surface area contributed by atoms with Gasteiger partial charge in [0, 0.05) is 0 Å². The number of hydrogen-bond acceptors (Lipinski definition) is 2. The molecule has 0 aromatic rings. The van der Waals surface area contributed by atoms with Crippen LogP contribution in [0.1, 0.15) is 65.2 Å².